The average molecular weight is 225 g/mol. The fourth-order valence-corrected chi connectivity index (χ4v) is 2.97. The number of hydrogen-bond donors (Lipinski definition) is 2. The maximum Gasteiger partial charge on any atom is 0.0737 e. The van der Waals surface area contributed by atoms with Gasteiger partial charge < -0.3 is 10.2 Å². The molecule has 0 spiro atoms. The molecule has 2 heterocycles. The zero-order chi connectivity index (χ0) is 11.5. The Morgan fingerprint density at radius 1 is 1.44 bits per heavy atom. The van der Waals surface area contributed by atoms with E-state index in [2.05, 4.69) is 36.4 Å². The third kappa shape index (κ3) is 2.76. The van der Waals surface area contributed by atoms with Crippen LogP contribution in [0.2, 0.25) is 0 Å². The standard InChI is InChI=1S/C13H27N3/c1-4-5-8-14-13-12(15-13)11-7-6-9-16(3)10(11)2/h10-15H,4-9H2,1-3H3. The molecule has 0 aromatic rings. The number of rotatable bonds is 5. The van der Waals surface area contributed by atoms with Crippen molar-refractivity contribution >= 4 is 0 Å². The van der Waals surface area contributed by atoms with Crippen LogP contribution in [0.3, 0.4) is 0 Å². The topological polar surface area (TPSA) is 37.2 Å². The fourth-order valence-electron chi connectivity index (χ4n) is 2.97. The molecule has 2 aliphatic rings. The number of likely N-dealkylation sites (tertiary alicyclic amines) is 1. The van der Waals surface area contributed by atoms with Gasteiger partial charge in [0.05, 0.1) is 6.17 Å². The highest BCUT2D eigenvalue weighted by Crippen LogP contribution is 2.31. The molecule has 94 valence electrons. The van der Waals surface area contributed by atoms with Crippen LogP contribution in [0, 0.1) is 5.92 Å². The van der Waals surface area contributed by atoms with Gasteiger partial charge in [-0.15, -0.1) is 0 Å². The van der Waals surface area contributed by atoms with Gasteiger partial charge in [0.15, 0.2) is 0 Å². The minimum Gasteiger partial charge on any atom is -0.303 e. The summed E-state index contributed by atoms with van der Waals surface area (Å²) in [6.45, 7) is 7.07. The molecule has 2 rings (SSSR count). The molecule has 0 aliphatic carbocycles. The van der Waals surface area contributed by atoms with Crippen molar-refractivity contribution in [3.05, 3.63) is 0 Å². The quantitative estimate of drug-likeness (QED) is 0.549. The fraction of sp³-hybridized carbons (Fsp3) is 1.00. The van der Waals surface area contributed by atoms with Crippen LogP contribution in [0.25, 0.3) is 0 Å². The largest absolute Gasteiger partial charge is 0.303 e. The van der Waals surface area contributed by atoms with Crippen LogP contribution in [0.5, 0.6) is 0 Å². The number of unbranched alkanes of at least 4 members (excludes halogenated alkanes) is 1. The van der Waals surface area contributed by atoms with Crippen LogP contribution in [0.15, 0.2) is 0 Å². The summed E-state index contributed by atoms with van der Waals surface area (Å²) in [4.78, 5) is 2.51. The second-order valence-corrected chi connectivity index (χ2v) is 5.51. The van der Waals surface area contributed by atoms with E-state index < -0.39 is 0 Å². The van der Waals surface area contributed by atoms with E-state index in [1.54, 1.807) is 0 Å². The molecule has 0 saturated carbocycles. The van der Waals surface area contributed by atoms with Crippen molar-refractivity contribution in [2.75, 3.05) is 20.1 Å². The summed E-state index contributed by atoms with van der Waals surface area (Å²) in [6.07, 6.45) is 5.95. The molecule has 2 N–H and O–H groups in total. The Bertz CT molecular complexity index is 219. The van der Waals surface area contributed by atoms with E-state index in [0.29, 0.717) is 6.17 Å². The van der Waals surface area contributed by atoms with Crippen molar-refractivity contribution in [2.24, 2.45) is 5.92 Å². The molecule has 0 radical (unpaired) electrons. The first kappa shape index (κ1) is 12.3. The summed E-state index contributed by atoms with van der Waals surface area (Å²) in [5.74, 6) is 0.845. The van der Waals surface area contributed by atoms with E-state index in [0.717, 1.165) is 18.0 Å². The molecule has 16 heavy (non-hydrogen) atoms. The van der Waals surface area contributed by atoms with Crippen LogP contribution in [-0.4, -0.2) is 43.3 Å². The van der Waals surface area contributed by atoms with E-state index in [4.69, 9.17) is 0 Å². The van der Waals surface area contributed by atoms with Gasteiger partial charge in [-0.1, -0.05) is 13.3 Å². The highest BCUT2D eigenvalue weighted by Gasteiger charge is 2.45. The Balaban J connectivity index is 1.73. The van der Waals surface area contributed by atoms with Crippen LogP contribution in [-0.2, 0) is 0 Å². The lowest BCUT2D eigenvalue weighted by molar-refractivity contribution is 0.131. The van der Waals surface area contributed by atoms with Gasteiger partial charge in [-0.05, 0) is 52.2 Å². The lowest BCUT2D eigenvalue weighted by atomic mass is 9.87. The van der Waals surface area contributed by atoms with Crippen molar-refractivity contribution in [1.29, 1.82) is 0 Å². The molecule has 2 saturated heterocycles. The lowest BCUT2D eigenvalue weighted by Gasteiger charge is -2.36. The van der Waals surface area contributed by atoms with Gasteiger partial charge in [0.1, 0.15) is 0 Å². The molecule has 4 atom stereocenters. The second-order valence-electron chi connectivity index (χ2n) is 5.51. The van der Waals surface area contributed by atoms with E-state index >= 15 is 0 Å². The van der Waals surface area contributed by atoms with Crippen molar-refractivity contribution in [3.63, 3.8) is 0 Å². The first-order valence-corrected chi connectivity index (χ1v) is 6.93. The maximum absolute atomic E-state index is 3.61. The highest BCUT2D eigenvalue weighted by molar-refractivity contribution is 5.04. The minimum atomic E-state index is 0.602. The predicted octanol–water partition coefficient (Wildman–Crippen LogP) is 1.40. The summed E-state index contributed by atoms with van der Waals surface area (Å²) in [5, 5.41) is 7.22. The van der Waals surface area contributed by atoms with E-state index in [1.807, 2.05) is 0 Å². The van der Waals surface area contributed by atoms with Gasteiger partial charge in [0.25, 0.3) is 0 Å². The molecule has 0 aromatic carbocycles. The van der Waals surface area contributed by atoms with Gasteiger partial charge in [-0.2, -0.15) is 0 Å². The number of nitrogens with one attached hydrogen (secondary N) is 2. The number of hydrogen-bond acceptors (Lipinski definition) is 3. The number of piperidine rings is 1. The van der Waals surface area contributed by atoms with Gasteiger partial charge in [0.2, 0.25) is 0 Å². The predicted molar refractivity (Wildman–Crippen MR) is 68.4 cm³/mol. The second kappa shape index (κ2) is 5.48. The van der Waals surface area contributed by atoms with Crippen molar-refractivity contribution < 1.29 is 0 Å². The summed E-state index contributed by atoms with van der Waals surface area (Å²) in [7, 11) is 2.26. The Morgan fingerprint density at radius 2 is 2.25 bits per heavy atom. The van der Waals surface area contributed by atoms with Crippen LogP contribution < -0.4 is 10.6 Å². The van der Waals surface area contributed by atoms with Gasteiger partial charge >= 0.3 is 0 Å². The molecule has 0 aromatic heterocycles. The first-order valence-electron chi connectivity index (χ1n) is 6.93. The van der Waals surface area contributed by atoms with E-state index in [9.17, 15) is 0 Å². The third-order valence-electron chi connectivity index (χ3n) is 4.34. The summed E-state index contributed by atoms with van der Waals surface area (Å²) >= 11 is 0. The molecule has 2 aliphatic heterocycles. The van der Waals surface area contributed by atoms with Gasteiger partial charge in [-0.25, -0.2) is 0 Å². The molecular formula is C13H27N3. The lowest BCUT2D eigenvalue weighted by Crippen LogP contribution is -2.44. The van der Waals surface area contributed by atoms with E-state index in [-0.39, 0.29) is 0 Å². The SMILES string of the molecule is CCCCNC1NC1C1CCCN(C)C1C. The Hall–Kier alpha value is -0.120. The molecule has 0 amide bonds. The molecule has 3 nitrogen and oxygen atoms in total. The zero-order valence-corrected chi connectivity index (χ0v) is 11.0. The van der Waals surface area contributed by atoms with Crippen LogP contribution in [0.4, 0.5) is 0 Å². The van der Waals surface area contributed by atoms with E-state index in [1.165, 1.54) is 38.8 Å². The van der Waals surface area contributed by atoms with Crippen LogP contribution >= 0.6 is 0 Å². The molecule has 0 bridgehead atoms. The summed E-state index contributed by atoms with van der Waals surface area (Å²) in [6, 6.07) is 1.47. The third-order valence-corrected chi connectivity index (χ3v) is 4.34. The molecule has 4 unspecified atom stereocenters. The monoisotopic (exact) mass is 225 g/mol. The van der Waals surface area contributed by atoms with Crippen molar-refractivity contribution in [1.82, 2.24) is 15.5 Å². The van der Waals surface area contributed by atoms with Crippen molar-refractivity contribution in [2.45, 2.75) is 57.8 Å². The minimum absolute atomic E-state index is 0.602. The maximum atomic E-state index is 3.61. The van der Waals surface area contributed by atoms with Gasteiger partial charge in [0, 0.05) is 12.1 Å². The Morgan fingerprint density at radius 3 is 3.00 bits per heavy atom. The highest BCUT2D eigenvalue weighted by atomic mass is 15.3. The number of nitrogens with zero attached hydrogens (tertiary/aromatic N) is 1. The van der Waals surface area contributed by atoms with Crippen molar-refractivity contribution in [3.8, 4) is 0 Å². The average Bonchev–Trinajstić information content (AvgIpc) is 3.02. The molecule has 2 fully saturated rings. The van der Waals surface area contributed by atoms with Crippen LogP contribution in [0.1, 0.15) is 39.5 Å². The smallest absolute Gasteiger partial charge is 0.0737 e. The summed E-state index contributed by atoms with van der Waals surface area (Å²) in [5.41, 5.74) is 0. The van der Waals surface area contributed by atoms with Gasteiger partial charge in [-0.3, -0.25) is 5.32 Å². The Labute approximate surface area is 100.0 Å². The molecule has 3 heteroatoms. The Kier molecular flexibility index (Phi) is 4.22. The zero-order valence-electron chi connectivity index (χ0n) is 11.0. The summed E-state index contributed by atoms with van der Waals surface area (Å²) < 4.78 is 0. The normalized spacial score (nSPS) is 39.9. The first-order chi connectivity index (χ1) is 7.74. The molecular weight excluding hydrogens is 198 g/mol.